The van der Waals surface area contributed by atoms with Crippen LogP contribution in [0.1, 0.15) is 39.5 Å². The number of ether oxygens (including phenoxy) is 1. The number of methoxy groups -OCH3 is 1. The fraction of sp³-hybridized carbons (Fsp3) is 0.692. The van der Waals surface area contributed by atoms with Gasteiger partial charge in [-0.15, -0.1) is 0 Å². The van der Waals surface area contributed by atoms with Crippen LogP contribution >= 0.6 is 0 Å². The number of nitrogens with zero attached hydrogens (tertiary/aromatic N) is 1. The van der Waals surface area contributed by atoms with E-state index in [-0.39, 0.29) is 19.2 Å². The van der Waals surface area contributed by atoms with Crippen LogP contribution in [0, 0.1) is 0 Å². The molecule has 0 spiro atoms. The first-order valence-electron chi connectivity index (χ1n) is 6.19. The van der Waals surface area contributed by atoms with Gasteiger partial charge in [0.25, 0.3) is 5.91 Å². The lowest BCUT2D eigenvalue weighted by atomic mass is 10.1. The van der Waals surface area contributed by atoms with Crippen molar-refractivity contribution in [2.24, 2.45) is 0 Å². The number of carbonyl (C=O) groups excluding carboxylic acids is 1. The maximum Gasteiger partial charge on any atom is 0.323 e. The van der Waals surface area contributed by atoms with Gasteiger partial charge in [-0.1, -0.05) is 25.8 Å². The third-order valence-corrected chi connectivity index (χ3v) is 2.49. The summed E-state index contributed by atoms with van der Waals surface area (Å²) in [6.07, 6.45) is 6.02. The topological polar surface area (TPSA) is 66.8 Å². The van der Waals surface area contributed by atoms with Gasteiger partial charge in [0.1, 0.15) is 13.3 Å². The van der Waals surface area contributed by atoms with Gasteiger partial charge in [-0.05, 0) is 19.8 Å². The predicted molar refractivity (Wildman–Crippen MR) is 69.1 cm³/mol. The fourth-order valence-electron chi connectivity index (χ4n) is 1.54. The van der Waals surface area contributed by atoms with Crippen LogP contribution in [-0.4, -0.2) is 42.3 Å². The monoisotopic (exact) mass is 257 g/mol. The van der Waals surface area contributed by atoms with Gasteiger partial charge in [0.05, 0.1) is 0 Å². The van der Waals surface area contributed by atoms with Crippen LogP contribution in [0.4, 0.5) is 0 Å². The van der Waals surface area contributed by atoms with Crippen molar-refractivity contribution in [1.29, 1.82) is 0 Å². The third-order valence-electron chi connectivity index (χ3n) is 2.49. The number of carbonyl (C=O) groups is 2. The average Bonchev–Trinajstić information content (AvgIpc) is 2.32. The molecule has 0 unspecified atom stereocenters. The van der Waals surface area contributed by atoms with Crippen LogP contribution in [0.5, 0.6) is 0 Å². The van der Waals surface area contributed by atoms with Gasteiger partial charge in [0.15, 0.2) is 0 Å². The Morgan fingerprint density at radius 3 is 2.50 bits per heavy atom. The van der Waals surface area contributed by atoms with Crippen LogP contribution in [0.15, 0.2) is 11.6 Å². The number of carboxylic acids is 1. The van der Waals surface area contributed by atoms with E-state index in [1.807, 2.05) is 6.08 Å². The molecule has 1 amide bonds. The Morgan fingerprint density at radius 1 is 1.33 bits per heavy atom. The Kier molecular flexibility index (Phi) is 8.92. The number of hydrogen-bond acceptors (Lipinski definition) is 3. The second-order valence-corrected chi connectivity index (χ2v) is 4.20. The Bertz CT molecular complexity index is 299. The minimum atomic E-state index is -1.04. The van der Waals surface area contributed by atoms with Crippen molar-refractivity contribution in [1.82, 2.24) is 4.90 Å². The molecule has 18 heavy (non-hydrogen) atoms. The number of allylic oxidation sites excluding steroid dienone is 1. The summed E-state index contributed by atoms with van der Waals surface area (Å²) >= 11 is 0. The molecule has 0 bridgehead atoms. The van der Waals surface area contributed by atoms with E-state index in [4.69, 9.17) is 9.84 Å². The molecule has 0 aromatic rings. The van der Waals surface area contributed by atoms with Gasteiger partial charge in [0.2, 0.25) is 0 Å². The average molecular weight is 257 g/mol. The molecule has 0 aliphatic carbocycles. The molecule has 0 saturated heterocycles. The van der Waals surface area contributed by atoms with E-state index in [9.17, 15) is 9.59 Å². The van der Waals surface area contributed by atoms with Crippen molar-refractivity contribution in [3.8, 4) is 0 Å². The zero-order valence-electron chi connectivity index (χ0n) is 11.4. The first kappa shape index (κ1) is 16.6. The first-order valence-corrected chi connectivity index (χ1v) is 6.19. The maximum absolute atomic E-state index is 11.9. The van der Waals surface area contributed by atoms with Gasteiger partial charge < -0.3 is 14.7 Å². The normalized spacial score (nSPS) is 11.4. The fourth-order valence-corrected chi connectivity index (χ4v) is 1.54. The molecule has 1 N–H and O–H groups in total. The minimum Gasteiger partial charge on any atom is -0.480 e. The van der Waals surface area contributed by atoms with Crippen LogP contribution < -0.4 is 0 Å². The molecule has 104 valence electrons. The summed E-state index contributed by atoms with van der Waals surface area (Å²) in [4.78, 5) is 23.8. The zero-order valence-corrected chi connectivity index (χ0v) is 11.4. The molecular weight excluding hydrogens is 234 g/mol. The van der Waals surface area contributed by atoms with Crippen molar-refractivity contribution in [3.63, 3.8) is 0 Å². The SMILES string of the molecule is CCCCCC=C(C)C(=O)N(COC)CC(=O)O. The molecule has 0 aromatic heterocycles. The smallest absolute Gasteiger partial charge is 0.323 e. The lowest BCUT2D eigenvalue weighted by Crippen LogP contribution is -2.37. The molecule has 0 radical (unpaired) electrons. The summed E-state index contributed by atoms with van der Waals surface area (Å²) in [6.45, 7) is 3.48. The van der Waals surface area contributed by atoms with Gasteiger partial charge >= 0.3 is 5.97 Å². The Hall–Kier alpha value is -1.36. The summed E-state index contributed by atoms with van der Waals surface area (Å²) in [5.41, 5.74) is 0.574. The zero-order chi connectivity index (χ0) is 14.0. The molecule has 0 saturated carbocycles. The molecule has 5 nitrogen and oxygen atoms in total. The third kappa shape index (κ3) is 7.06. The van der Waals surface area contributed by atoms with Crippen molar-refractivity contribution >= 4 is 11.9 Å². The van der Waals surface area contributed by atoms with Crippen LogP contribution in [0.2, 0.25) is 0 Å². The Labute approximate surface area is 108 Å². The highest BCUT2D eigenvalue weighted by Gasteiger charge is 2.17. The summed E-state index contributed by atoms with van der Waals surface area (Å²) in [5.74, 6) is -1.32. The van der Waals surface area contributed by atoms with E-state index >= 15 is 0 Å². The molecule has 0 rings (SSSR count). The van der Waals surface area contributed by atoms with E-state index in [0.717, 1.165) is 25.7 Å². The molecule has 5 heteroatoms. The van der Waals surface area contributed by atoms with Gasteiger partial charge in [0, 0.05) is 12.7 Å². The van der Waals surface area contributed by atoms with E-state index in [0.29, 0.717) is 5.57 Å². The molecule has 0 atom stereocenters. The minimum absolute atomic E-state index is 0.00866. The highest BCUT2D eigenvalue weighted by atomic mass is 16.5. The quantitative estimate of drug-likeness (QED) is 0.390. The molecule has 0 aliphatic rings. The predicted octanol–water partition coefficient (Wildman–Crippen LogP) is 2.03. The lowest BCUT2D eigenvalue weighted by Gasteiger charge is -2.19. The van der Waals surface area contributed by atoms with Crippen molar-refractivity contribution in [2.75, 3.05) is 20.4 Å². The highest BCUT2D eigenvalue weighted by molar-refractivity contribution is 5.94. The van der Waals surface area contributed by atoms with Crippen molar-refractivity contribution in [2.45, 2.75) is 39.5 Å². The number of aliphatic carboxylic acids is 1. The van der Waals surface area contributed by atoms with Crippen LogP contribution in [0.25, 0.3) is 0 Å². The second-order valence-electron chi connectivity index (χ2n) is 4.20. The number of rotatable bonds is 9. The number of amides is 1. The number of carboxylic acid groups (broad SMARTS) is 1. The van der Waals surface area contributed by atoms with E-state index < -0.39 is 5.97 Å². The molecule has 0 heterocycles. The summed E-state index contributed by atoms with van der Waals surface area (Å²) in [7, 11) is 1.43. The molecule has 0 aliphatic heterocycles. The van der Waals surface area contributed by atoms with Crippen LogP contribution in [0.3, 0.4) is 0 Å². The van der Waals surface area contributed by atoms with Crippen molar-refractivity contribution < 1.29 is 19.4 Å². The van der Waals surface area contributed by atoms with Gasteiger partial charge in [-0.2, -0.15) is 0 Å². The Morgan fingerprint density at radius 2 is 2.00 bits per heavy atom. The summed E-state index contributed by atoms with van der Waals surface area (Å²) in [5, 5.41) is 8.72. The standard InChI is InChI=1S/C13H23NO4/c1-4-5-6-7-8-11(2)13(17)14(10-18-3)9-12(15)16/h8H,4-7,9-10H2,1-3H3,(H,15,16). The summed E-state index contributed by atoms with van der Waals surface area (Å²) in [6, 6.07) is 0. The van der Waals surface area contributed by atoms with E-state index in [1.165, 1.54) is 12.0 Å². The largest absolute Gasteiger partial charge is 0.480 e. The second kappa shape index (κ2) is 9.65. The molecular formula is C13H23NO4. The van der Waals surface area contributed by atoms with Gasteiger partial charge in [-0.3, -0.25) is 9.59 Å². The van der Waals surface area contributed by atoms with Crippen LogP contribution in [-0.2, 0) is 14.3 Å². The number of unbranched alkanes of at least 4 members (excludes halogenated alkanes) is 3. The van der Waals surface area contributed by atoms with E-state index in [1.54, 1.807) is 6.92 Å². The lowest BCUT2D eigenvalue weighted by molar-refractivity contribution is -0.146. The number of hydrogen-bond donors (Lipinski definition) is 1. The first-order chi connectivity index (χ1) is 8.52. The molecule has 0 aromatic carbocycles. The van der Waals surface area contributed by atoms with Crippen molar-refractivity contribution in [3.05, 3.63) is 11.6 Å². The Balaban J connectivity index is 4.40. The van der Waals surface area contributed by atoms with E-state index in [2.05, 4.69) is 6.92 Å². The highest BCUT2D eigenvalue weighted by Crippen LogP contribution is 2.06. The maximum atomic E-state index is 11.9. The summed E-state index contributed by atoms with van der Waals surface area (Å²) < 4.78 is 4.83. The van der Waals surface area contributed by atoms with Gasteiger partial charge in [-0.25, -0.2) is 0 Å². The molecule has 0 fully saturated rings.